The molecule has 0 aromatic heterocycles. The van der Waals surface area contributed by atoms with Crippen LogP contribution in [0.15, 0.2) is 23.3 Å². The fourth-order valence-corrected chi connectivity index (χ4v) is 2.30. The molecule has 0 fully saturated rings. The summed E-state index contributed by atoms with van der Waals surface area (Å²) in [5.74, 6) is 0.621. The van der Waals surface area contributed by atoms with Crippen molar-refractivity contribution in [3.8, 4) is 0 Å². The second kappa shape index (κ2) is 6.24. The number of ether oxygens (including phenoxy) is 1. The molecule has 1 aliphatic rings. The molecule has 0 saturated heterocycles. The number of carbonyl (C=O) groups excluding carboxylic acids is 1. The van der Waals surface area contributed by atoms with E-state index in [1.54, 1.807) is 0 Å². The molecule has 0 bridgehead atoms. The summed E-state index contributed by atoms with van der Waals surface area (Å²) in [7, 11) is 0. The van der Waals surface area contributed by atoms with E-state index >= 15 is 0 Å². The number of rotatable bonds is 4. The lowest BCUT2D eigenvalue weighted by Crippen LogP contribution is -2.18. The van der Waals surface area contributed by atoms with Gasteiger partial charge in [-0.3, -0.25) is 0 Å². The quantitative estimate of drug-likeness (QED) is 0.584. The number of alkyl halides is 1. The summed E-state index contributed by atoms with van der Waals surface area (Å²) >= 11 is 3.46. The van der Waals surface area contributed by atoms with Crippen LogP contribution in [0.25, 0.3) is 0 Å². The summed E-state index contributed by atoms with van der Waals surface area (Å²) in [4.78, 5) is 11.8. The predicted molar refractivity (Wildman–Crippen MR) is 69.5 cm³/mol. The van der Waals surface area contributed by atoms with Crippen LogP contribution in [-0.2, 0) is 9.53 Å². The van der Waals surface area contributed by atoms with Crippen molar-refractivity contribution in [2.45, 2.75) is 27.2 Å². The fourth-order valence-electron chi connectivity index (χ4n) is 1.85. The van der Waals surface area contributed by atoms with E-state index in [1.807, 2.05) is 6.92 Å². The number of esters is 1. The fraction of sp³-hybridized carbons (Fsp3) is 0.615. The van der Waals surface area contributed by atoms with E-state index in [0.29, 0.717) is 18.4 Å². The number of halogens is 1. The van der Waals surface area contributed by atoms with Crippen molar-refractivity contribution in [2.75, 3.05) is 11.9 Å². The predicted octanol–water partition coefficient (Wildman–Crippen LogP) is 3.47. The normalized spacial score (nSPS) is 20.4. The Morgan fingerprint density at radius 1 is 1.62 bits per heavy atom. The van der Waals surface area contributed by atoms with Gasteiger partial charge in [-0.05, 0) is 30.8 Å². The molecule has 0 heterocycles. The van der Waals surface area contributed by atoms with E-state index < -0.39 is 0 Å². The molecule has 0 aromatic rings. The molecule has 1 atom stereocenters. The van der Waals surface area contributed by atoms with Crippen LogP contribution in [0.1, 0.15) is 27.2 Å². The topological polar surface area (TPSA) is 26.3 Å². The second-order valence-electron chi connectivity index (χ2n) is 4.29. The Balaban J connectivity index is 2.94. The average Bonchev–Trinajstić information content (AvgIpc) is 2.28. The molecule has 1 unspecified atom stereocenters. The van der Waals surface area contributed by atoms with Crippen molar-refractivity contribution in [1.82, 2.24) is 0 Å². The monoisotopic (exact) mass is 286 g/mol. The van der Waals surface area contributed by atoms with Gasteiger partial charge in [0.25, 0.3) is 0 Å². The van der Waals surface area contributed by atoms with Gasteiger partial charge in [0, 0.05) is 10.9 Å². The first kappa shape index (κ1) is 13.5. The van der Waals surface area contributed by atoms with Crippen LogP contribution in [0, 0.1) is 11.8 Å². The highest BCUT2D eigenvalue weighted by molar-refractivity contribution is 9.09. The Hall–Kier alpha value is -0.570. The Morgan fingerprint density at radius 2 is 2.31 bits per heavy atom. The van der Waals surface area contributed by atoms with Gasteiger partial charge in [0.1, 0.15) is 0 Å². The van der Waals surface area contributed by atoms with E-state index in [-0.39, 0.29) is 5.97 Å². The van der Waals surface area contributed by atoms with Gasteiger partial charge in [-0.15, -0.1) is 0 Å². The Bertz CT molecular complexity index is 316. The number of allylic oxidation sites excluding steroid dienone is 3. The summed E-state index contributed by atoms with van der Waals surface area (Å²) in [5, 5.41) is 0.887. The van der Waals surface area contributed by atoms with Crippen molar-refractivity contribution in [3.05, 3.63) is 23.3 Å². The molecule has 0 N–H and O–H groups in total. The van der Waals surface area contributed by atoms with Gasteiger partial charge in [0.15, 0.2) is 0 Å². The molecule has 0 aliphatic heterocycles. The molecule has 1 rings (SSSR count). The van der Waals surface area contributed by atoms with Crippen LogP contribution < -0.4 is 0 Å². The molecule has 2 nitrogen and oxygen atoms in total. The maximum Gasteiger partial charge on any atom is 0.334 e. The highest BCUT2D eigenvalue weighted by Gasteiger charge is 2.23. The largest absolute Gasteiger partial charge is 0.463 e. The molecule has 0 aromatic carbocycles. The van der Waals surface area contributed by atoms with Crippen LogP contribution >= 0.6 is 15.9 Å². The zero-order chi connectivity index (χ0) is 12.1. The van der Waals surface area contributed by atoms with Gasteiger partial charge in [-0.1, -0.05) is 41.9 Å². The first-order valence-corrected chi connectivity index (χ1v) is 6.86. The molecular formula is C13H19BrO2. The minimum Gasteiger partial charge on any atom is -0.463 e. The van der Waals surface area contributed by atoms with Crippen molar-refractivity contribution in [3.63, 3.8) is 0 Å². The van der Waals surface area contributed by atoms with Crippen molar-refractivity contribution < 1.29 is 9.53 Å². The molecule has 1 aliphatic carbocycles. The third-order valence-corrected chi connectivity index (χ3v) is 3.54. The third kappa shape index (κ3) is 3.21. The van der Waals surface area contributed by atoms with Gasteiger partial charge in [0.2, 0.25) is 0 Å². The second-order valence-corrected chi connectivity index (χ2v) is 4.93. The van der Waals surface area contributed by atoms with Crippen LogP contribution in [0.4, 0.5) is 0 Å². The Morgan fingerprint density at radius 3 is 2.81 bits per heavy atom. The highest BCUT2D eigenvalue weighted by Crippen LogP contribution is 2.29. The first-order chi connectivity index (χ1) is 7.60. The van der Waals surface area contributed by atoms with E-state index in [0.717, 1.165) is 22.9 Å². The van der Waals surface area contributed by atoms with E-state index in [1.165, 1.54) is 0 Å². The van der Waals surface area contributed by atoms with Crippen molar-refractivity contribution in [2.24, 2.45) is 11.8 Å². The lowest BCUT2D eigenvalue weighted by Gasteiger charge is -2.22. The van der Waals surface area contributed by atoms with Crippen molar-refractivity contribution in [1.29, 1.82) is 0 Å². The van der Waals surface area contributed by atoms with Crippen molar-refractivity contribution >= 4 is 21.9 Å². The summed E-state index contributed by atoms with van der Waals surface area (Å²) in [6, 6.07) is 0. The zero-order valence-electron chi connectivity index (χ0n) is 10.1. The molecular weight excluding hydrogens is 268 g/mol. The van der Waals surface area contributed by atoms with Gasteiger partial charge in [0.05, 0.1) is 6.61 Å². The number of hydrogen-bond donors (Lipinski definition) is 0. The summed E-state index contributed by atoms with van der Waals surface area (Å²) in [5.41, 5.74) is 1.97. The SMILES string of the molecule is CCOC(=O)C1=C(C(C)C)C=CC(CBr)C1. The number of hydrogen-bond acceptors (Lipinski definition) is 2. The molecule has 0 radical (unpaired) electrons. The third-order valence-electron chi connectivity index (χ3n) is 2.70. The maximum atomic E-state index is 11.8. The van der Waals surface area contributed by atoms with E-state index in [4.69, 9.17) is 4.74 Å². The minimum absolute atomic E-state index is 0.151. The maximum absolute atomic E-state index is 11.8. The Kier molecular flexibility index (Phi) is 5.26. The smallest absolute Gasteiger partial charge is 0.334 e. The Labute approximate surface area is 106 Å². The summed E-state index contributed by atoms with van der Waals surface area (Å²) < 4.78 is 5.11. The van der Waals surface area contributed by atoms with Crippen LogP contribution in [0.3, 0.4) is 0 Å². The zero-order valence-corrected chi connectivity index (χ0v) is 11.7. The van der Waals surface area contributed by atoms with Crippen LogP contribution in [-0.4, -0.2) is 17.9 Å². The van der Waals surface area contributed by atoms with Crippen LogP contribution in [0.2, 0.25) is 0 Å². The first-order valence-electron chi connectivity index (χ1n) is 5.74. The molecule has 16 heavy (non-hydrogen) atoms. The van der Waals surface area contributed by atoms with E-state index in [9.17, 15) is 4.79 Å². The van der Waals surface area contributed by atoms with Gasteiger partial charge in [-0.2, -0.15) is 0 Å². The summed E-state index contributed by atoms with van der Waals surface area (Å²) in [6.45, 7) is 6.49. The average molecular weight is 287 g/mol. The lowest BCUT2D eigenvalue weighted by molar-refractivity contribution is -0.138. The van der Waals surface area contributed by atoms with E-state index in [2.05, 4.69) is 41.9 Å². The van der Waals surface area contributed by atoms with Gasteiger partial charge in [-0.25, -0.2) is 4.79 Å². The molecule has 0 saturated carbocycles. The molecule has 90 valence electrons. The molecule has 3 heteroatoms. The molecule has 0 spiro atoms. The van der Waals surface area contributed by atoms with Crippen LogP contribution in [0.5, 0.6) is 0 Å². The van der Waals surface area contributed by atoms with Gasteiger partial charge < -0.3 is 4.74 Å². The lowest BCUT2D eigenvalue weighted by atomic mass is 9.86. The standard InChI is InChI=1S/C13H19BrO2/c1-4-16-13(15)12-7-10(8-14)5-6-11(12)9(2)3/h5-6,9-10H,4,7-8H2,1-3H3. The summed E-state index contributed by atoms with van der Waals surface area (Å²) in [6.07, 6.45) is 5.03. The minimum atomic E-state index is -0.151. The van der Waals surface area contributed by atoms with Gasteiger partial charge >= 0.3 is 5.97 Å². The number of carbonyl (C=O) groups is 1. The highest BCUT2D eigenvalue weighted by atomic mass is 79.9. The molecule has 0 amide bonds.